The molecule has 1 amide bonds. The second kappa shape index (κ2) is 8.41. The SMILES string of the molecule is CCC1C(=O)C2(NC(=O)C1C)c1cc(-c3ccn(C4CC4)c(=O)c3)ccc1CC21CCC(OC)CC1. The van der Waals surface area contributed by atoms with Crippen LogP contribution in [0.1, 0.15) is 76.0 Å². The summed E-state index contributed by atoms with van der Waals surface area (Å²) in [6.07, 6.45) is 9.08. The van der Waals surface area contributed by atoms with E-state index in [-0.39, 0.29) is 40.6 Å². The van der Waals surface area contributed by atoms with Crippen LogP contribution in [0.3, 0.4) is 0 Å². The minimum atomic E-state index is -1.02. The van der Waals surface area contributed by atoms with E-state index in [1.54, 1.807) is 13.2 Å². The number of pyridine rings is 1. The van der Waals surface area contributed by atoms with Gasteiger partial charge >= 0.3 is 0 Å². The number of rotatable bonds is 4. The number of ether oxygens (including phenoxy) is 1. The fourth-order valence-corrected chi connectivity index (χ4v) is 7.48. The van der Waals surface area contributed by atoms with Crippen molar-refractivity contribution in [3.8, 4) is 11.1 Å². The molecular formula is C30H36N2O4. The van der Waals surface area contributed by atoms with E-state index in [0.717, 1.165) is 67.2 Å². The fraction of sp³-hybridized carbons (Fsp3) is 0.567. The predicted molar refractivity (Wildman–Crippen MR) is 138 cm³/mol. The van der Waals surface area contributed by atoms with Crippen molar-refractivity contribution in [1.82, 2.24) is 9.88 Å². The first-order valence-electron chi connectivity index (χ1n) is 13.6. The zero-order chi connectivity index (χ0) is 25.2. The van der Waals surface area contributed by atoms with Crippen LogP contribution in [0.2, 0.25) is 0 Å². The Bertz CT molecular complexity index is 1280. The number of hydrogen-bond acceptors (Lipinski definition) is 4. The summed E-state index contributed by atoms with van der Waals surface area (Å²) in [5, 5.41) is 3.33. The van der Waals surface area contributed by atoms with Crippen molar-refractivity contribution in [2.45, 2.75) is 82.9 Å². The van der Waals surface area contributed by atoms with Gasteiger partial charge in [0.1, 0.15) is 5.54 Å². The number of nitrogens with zero attached hydrogens (tertiary/aromatic N) is 1. The highest BCUT2D eigenvalue weighted by Gasteiger charge is 2.66. The van der Waals surface area contributed by atoms with Crippen LogP contribution in [0.5, 0.6) is 0 Å². The molecule has 4 aliphatic rings. The van der Waals surface area contributed by atoms with Gasteiger partial charge in [0.15, 0.2) is 5.78 Å². The molecule has 3 unspecified atom stereocenters. The Balaban J connectivity index is 1.49. The van der Waals surface area contributed by atoms with Gasteiger partial charge in [-0.3, -0.25) is 14.4 Å². The highest BCUT2D eigenvalue weighted by Crippen LogP contribution is 2.61. The molecule has 1 aliphatic heterocycles. The number of hydrogen-bond donors (Lipinski definition) is 1. The number of nitrogens with one attached hydrogen (secondary N) is 1. The summed E-state index contributed by atoms with van der Waals surface area (Å²) in [7, 11) is 1.76. The number of carbonyl (C=O) groups is 2. The predicted octanol–water partition coefficient (Wildman–Crippen LogP) is 4.54. The number of piperidine rings is 1. The third-order valence-electron chi connectivity index (χ3n) is 9.76. The number of methoxy groups -OCH3 is 1. The van der Waals surface area contributed by atoms with Gasteiger partial charge in [-0.25, -0.2) is 0 Å². The molecule has 6 nitrogen and oxygen atoms in total. The van der Waals surface area contributed by atoms with Crippen molar-refractivity contribution in [3.63, 3.8) is 0 Å². The van der Waals surface area contributed by atoms with E-state index in [0.29, 0.717) is 12.5 Å². The van der Waals surface area contributed by atoms with E-state index in [1.807, 2.05) is 30.7 Å². The van der Waals surface area contributed by atoms with Crippen LogP contribution in [-0.2, 0) is 26.3 Å². The lowest BCUT2D eigenvalue weighted by Gasteiger charge is -2.53. The molecule has 6 heteroatoms. The quantitative estimate of drug-likeness (QED) is 0.686. The van der Waals surface area contributed by atoms with E-state index in [1.165, 1.54) is 0 Å². The lowest BCUT2D eigenvalue weighted by molar-refractivity contribution is -0.155. The van der Waals surface area contributed by atoms with E-state index in [2.05, 4.69) is 23.5 Å². The highest BCUT2D eigenvalue weighted by molar-refractivity contribution is 6.04. The summed E-state index contributed by atoms with van der Waals surface area (Å²) in [6.45, 7) is 3.89. The molecule has 0 bridgehead atoms. The van der Waals surface area contributed by atoms with Crippen molar-refractivity contribution < 1.29 is 14.3 Å². The summed E-state index contributed by atoms with van der Waals surface area (Å²) in [6, 6.07) is 10.3. The summed E-state index contributed by atoms with van der Waals surface area (Å²) >= 11 is 0. The Kier molecular flexibility index (Phi) is 5.52. The van der Waals surface area contributed by atoms with Gasteiger partial charge in [-0.1, -0.05) is 26.0 Å². The minimum Gasteiger partial charge on any atom is -0.381 e. The molecule has 6 rings (SSSR count). The lowest BCUT2D eigenvalue weighted by Crippen LogP contribution is -2.68. The van der Waals surface area contributed by atoms with Gasteiger partial charge in [0.25, 0.3) is 5.56 Å². The molecule has 1 N–H and O–H groups in total. The average Bonchev–Trinajstić information content (AvgIpc) is 3.69. The molecule has 3 fully saturated rings. The van der Waals surface area contributed by atoms with E-state index < -0.39 is 5.54 Å². The van der Waals surface area contributed by atoms with Gasteiger partial charge in [-0.05, 0) is 85.8 Å². The van der Waals surface area contributed by atoms with Gasteiger partial charge in [0, 0.05) is 42.7 Å². The maximum atomic E-state index is 14.5. The molecule has 2 saturated carbocycles. The number of Topliss-reactive ketones (excluding diaryl/α,β-unsaturated/α-hetero) is 1. The largest absolute Gasteiger partial charge is 0.381 e. The number of amides is 1. The first kappa shape index (κ1) is 23.7. The average molecular weight is 489 g/mol. The number of carbonyl (C=O) groups excluding carboxylic acids is 2. The molecule has 1 aromatic carbocycles. The smallest absolute Gasteiger partial charge is 0.251 e. The van der Waals surface area contributed by atoms with Gasteiger partial charge in [0.2, 0.25) is 5.91 Å². The van der Waals surface area contributed by atoms with E-state index in [9.17, 15) is 14.4 Å². The Morgan fingerprint density at radius 3 is 2.39 bits per heavy atom. The molecule has 1 aromatic heterocycles. The normalized spacial score (nSPS) is 33.7. The zero-order valence-electron chi connectivity index (χ0n) is 21.5. The van der Waals surface area contributed by atoms with Crippen molar-refractivity contribution in [2.75, 3.05) is 7.11 Å². The number of aromatic nitrogens is 1. The molecule has 0 radical (unpaired) electrons. The van der Waals surface area contributed by atoms with Crippen LogP contribution in [0.4, 0.5) is 0 Å². The van der Waals surface area contributed by atoms with Crippen molar-refractivity contribution >= 4 is 11.7 Å². The van der Waals surface area contributed by atoms with Gasteiger partial charge < -0.3 is 14.6 Å². The fourth-order valence-electron chi connectivity index (χ4n) is 7.48. The Labute approximate surface area is 212 Å². The summed E-state index contributed by atoms with van der Waals surface area (Å²) < 4.78 is 7.49. The Morgan fingerprint density at radius 2 is 1.75 bits per heavy atom. The number of benzene rings is 1. The monoisotopic (exact) mass is 488 g/mol. The third-order valence-corrected chi connectivity index (χ3v) is 9.76. The molecule has 36 heavy (non-hydrogen) atoms. The Hall–Kier alpha value is -2.73. The van der Waals surface area contributed by atoms with Gasteiger partial charge in [-0.2, -0.15) is 0 Å². The Morgan fingerprint density at radius 1 is 1.03 bits per heavy atom. The van der Waals surface area contributed by atoms with Gasteiger partial charge in [-0.15, -0.1) is 0 Å². The summed E-state index contributed by atoms with van der Waals surface area (Å²) in [5.74, 6) is -0.497. The van der Waals surface area contributed by atoms with Crippen LogP contribution < -0.4 is 10.9 Å². The van der Waals surface area contributed by atoms with Crippen molar-refractivity contribution in [1.29, 1.82) is 0 Å². The second-order valence-electron chi connectivity index (χ2n) is 11.6. The molecule has 2 spiro atoms. The molecule has 3 atom stereocenters. The number of fused-ring (bicyclic) bond motifs is 3. The maximum absolute atomic E-state index is 14.5. The molecular weight excluding hydrogens is 452 g/mol. The first-order chi connectivity index (χ1) is 17.3. The maximum Gasteiger partial charge on any atom is 0.251 e. The van der Waals surface area contributed by atoms with E-state index >= 15 is 0 Å². The second-order valence-corrected chi connectivity index (χ2v) is 11.6. The highest BCUT2D eigenvalue weighted by atomic mass is 16.5. The van der Waals surface area contributed by atoms with Crippen LogP contribution in [-0.4, -0.2) is 29.5 Å². The molecule has 3 aliphatic carbocycles. The topological polar surface area (TPSA) is 77.4 Å². The molecule has 2 heterocycles. The number of ketones is 1. The summed E-state index contributed by atoms with van der Waals surface area (Å²) in [5.41, 5.74) is 2.49. The minimum absolute atomic E-state index is 0.0153. The molecule has 2 aromatic rings. The van der Waals surface area contributed by atoms with Crippen LogP contribution in [0, 0.1) is 17.3 Å². The van der Waals surface area contributed by atoms with Crippen LogP contribution in [0.25, 0.3) is 11.1 Å². The van der Waals surface area contributed by atoms with Gasteiger partial charge in [0.05, 0.1) is 6.10 Å². The van der Waals surface area contributed by atoms with Crippen LogP contribution in [0.15, 0.2) is 41.3 Å². The third kappa shape index (κ3) is 3.29. The van der Waals surface area contributed by atoms with E-state index in [4.69, 9.17) is 4.74 Å². The van der Waals surface area contributed by atoms with Crippen LogP contribution >= 0.6 is 0 Å². The molecule has 1 saturated heterocycles. The standard InChI is InChI=1S/C30H36N2O4/c1-4-24-18(2)28(35)31-30(27(24)34)25-15-19(20-11-14-32(22-7-8-22)26(33)16-20)5-6-21(25)17-29(30)12-9-23(36-3)10-13-29/h5-6,11,14-16,18,22-24H,4,7-10,12-13,17H2,1-3H3,(H,31,35). The lowest BCUT2D eigenvalue weighted by atomic mass is 9.56. The van der Waals surface area contributed by atoms with Crippen molar-refractivity contribution in [2.24, 2.45) is 17.3 Å². The summed E-state index contributed by atoms with van der Waals surface area (Å²) in [4.78, 5) is 40.6. The molecule has 190 valence electrons. The first-order valence-corrected chi connectivity index (χ1v) is 13.6. The zero-order valence-corrected chi connectivity index (χ0v) is 21.5. The van der Waals surface area contributed by atoms with Crippen molar-refractivity contribution in [3.05, 3.63) is 58.0 Å².